The number of pyridine rings is 1. The number of nitrogens with two attached hydrogens (primary N) is 1. The van der Waals surface area contributed by atoms with Crippen LogP contribution in [-0.4, -0.2) is 67.3 Å². The number of ketones is 4. The van der Waals surface area contributed by atoms with Crippen molar-refractivity contribution in [1.82, 2.24) is 4.98 Å². The van der Waals surface area contributed by atoms with Gasteiger partial charge >= 0.3 is 29.6 Å². The fourth-order valence-corrected chi connectivity index (χ4v) is 11.2. The molecule has 2 heterocycles. The van der Waals surface area contributed by atoms with Crippen molar-refractivity contribution in [3.8, 4) is 39.6 Å². The van der Waals surface area contributed by atoms with E-state index >= 15 is 0 Å². The van der Waals surface area contributed by atoms with Crippen LogP contribution in [-0.2, 0) is 21.5 Å². The molecule has 1 aliphatic heterocycles. The maximum Gasteiger partial charge on any atom is 1.00 e. The van der Waals surface area contributed by atoms with Crippen LogP contribution in [0, 0.1) is 0 Å². The third-order valence-electron chi connectivity index (χ3n) is 14.3. The molecule has 4 N–H and O–H groups in total. The summed E-state index contributed by atoms with van der Waals surface area (Å²) in [5.41, 5.74) is 14.6. The van der Waals surface area contributed by atoms with Crippen molar-refractivity contribution in [2.75, 3.05) is 42.5 Å². The third kappa shape index (κ3) is 15.4. The molecular weight excluding hydrogens is 1180 g/mol. The average molecular weight is 1250 g/mol. The topological polar surface area (TPSA) is 225 Å². The first-order chi connectivity index (χ1) is 43.2. The molecule has 90 heavy (non-hydrogen) atoms. The molecule has 13 rings (SSSR count). The molecule has 1 atom stereocenters. The predicted molar refractivity (Wildman–Crippen MR) is 353 cm³/mol. The fourth-order valence-electron chi connectivity index (χ4n) is 10.4. The van der Waals surface area contributed by atoms with Crippen LogP contribution in [0.4, 0.5) is 28.4 Å². The first kappa shape index (κ1) is 67.1. The summed E-state index contributed by atoms with van der Waals surface area (Å²) in [6.45, 7) is 10.4. The van der Waals surface area contributed by atoms with Crippen molar-refractivity contribution in [2.24, 2.45) is 0 Å². The second-order valence-electron chi connectivity index (χ2n) is 20.1. The molecular formula is C72H66N4NaO11PS. The van der Waals surface area contributed by atoms with Gasteiger partial charge in [0, 0.05) is 58.3 Å². The second kappa shape index (κ2) is 31.6. The van der Waals surface area contributed by atoms with Gasteiger partial charge in [0.05, 0.1) is 56.5 Å². The number of ether oxygens (including phenoxy) is 4. The van der Waals surface area contributed by atoms with Gasteiger partial charge in [-0.1, -0.05) is 163 Å². The molecule has 18 heteroatoms. The van der Waals surface area contributed by atoms with Crippen molar-refractivity contribution in [3.63, 3.8) is 0 Å². The Bertz CT molecular complexity index is 4320. The minimum Gasteiger partial charge on any atom is -0.744 e. The summed E-state index contributed by atoms with van der Waals surface area (Å²) in [7, 11) is -2.39. The molecule has 1 aromatic heterocycles. The zero-order valence-corrected chi connectivity index (χ0v) is 54.6. The van der Waals surface area contributed by atoms with Gasteiger partial charge in [-0.2, -0.15) is 0 Å². The average Bonchev–Trinajstić information content (AvgIpc) is 0.763. The maximum atomic E-state index is 13.9. The molecule has 0 radical (unpaired) electrons. The Balaban J connectivity index is 0.000000173. The Hall–Kier alpha value is -8.83. The predicted octanol–water partition coefficient (Wildman–Crippen LogP) is 12.5. The van der Waals surface area contributed by atoms with E-state index in [1.54, 1.807) is 55.5 Å². The smallest absolute Gasteiger partial charge is 0.744 e. The Morgan fingerprint density at radius 3 is 1.59 bits per heavy atom. The molecule has 452 valence electrons. The summed E-state index contributed by atoms with van der Waals surface area (Å²) in [5.74, 6) is 0.916. The number of aromatic nitrogens is 1. The number of benzene rings is 9. The zero-order chi connectivity index (χ0) is 63.0. The van der Waals surface area contributed by atoms with E-state index in [9.17, 15) is 32.1 Å². The van der Waals surface area contributed by atoms with Gasteiger partial charge < -0.3 is 39.9 Å². The van der Waals surface area contributed by atoms with Crippen LogP contribution >= 0.6 is 9.24 Å². The van der Waals surface area contributed by atoms with Gasteiger partial charge in [0.2, 0.25) is 0 Å². The van der Waals surface area contributed by atoms with E-state index in [1.807, 2.05) is 154 Å². The molecule has 0 amide bonds. The number of hydrogen-bond donors (Lipinski definition) is 3. The number of para-hydroxylation sites is 4. The van der Waals surface area contributed by atoms with E-state index in [4.69, 9.17) is 29.7 Å². The second-order valence-corrected chi connectivity index (χ2v) is 21.7. The van der Waals surface area contributed by atoms with Crippen LogP contribution in [0.1, 0.15) is 104 Å². The Morgan fingerprint density at radius 2 is 1.06 bits per heavy atom. The molecule has 1 unspecified atom stereocenters. The number of rotatable bonds is 14. The van der Waals surface area contributed by atoms with Crippen LogP contribution in [0.3, 0.4) is 0 Å². The summed E-state index contributed by atoms with van der Waals surface area (Å²) in [6, 6.07) is 62.4. The number of Topliss-reactive ketones (excluding diaryl/α,β-unsaturated/α-hetero) is 1. The summed E-state index contributed by atoms with van der Waals surface area (Å²) < 4.78 is 57.8. The van der Waals surface area contributed by atoms with E-state index in [2.05, 4.69) is 25.9 Å². The third-order valence-corrected chi connectivity index (χ3v) is 15.4. The van der Waals surface area contributed by atoms with Gasteiger partial charge in [-0.25, -0.2) is 13.4 Å². The van der Waals surface area contributed by atoms with E-state index in [1.165, 1.54) is 25.0 Å². The molecule has 9 aromatic carbocycles. The molecule has 2 aliphatic carbocycles. The van der Waals surface area contributed by atoms with Crippen LogP contribution in [0.2, 0.25) is 0 Å². The van der Waals surface area contributed by atoms with Gasteiger partial charge in [0.15, 0.2) is 23.1 Å². The Morgan fingerprint density at radius 1 is 0.578 bits per heavy atom. The summed E-state index contributed by atoms with van der Waals surface area (Å²) >= 11 is 0. The molecule has 0 spiro atoms. The number of nitrogen functional groups attached to an aromatic ring is 1. The standard InChI is InChI=1S/C31H25N2O3P.C20H14N2O5S.C15H14O2.C4H8O.C2H6.Na/c1-2-35-27-17-25(32-19-10-4-3-5-11-19)29-28-23(20-12-6-7-13-21(20)31(29)34)16-24(33-30(27)28)22-14-8-9-15-26(22)36-18-37;21-18-15(28(25,26)27)10-14(22-11-6-2-1-3-7-11)16-17(18)20(24)13-9-5-4-8-12(13)19(16)23;1-12(16)14-9-5-6-10-15(14)17-11-13-7-3-2-4-8-13;1-2-4-5-3-1;1-2;/h3-17,32H,2,18,37H2,1H3;1-10,22H,21H2,(H,25,26,27);2-10H,11H2,1H3;1-4H2;1-2H3;/q;;;;;+1/p-1. The first-order valence-electron chi connectivity index (χ1n) is 29.1. The molecule has 15 nitrogen and oxygen atoms in total. The van der Waals surface area contributed by atoms with E-state index in [-0.39, 0.29) is 69.1 Å². The fraction of sp³-hybridized carbons (Fsp3) is 0.153. The van der Waals surface area contributed by atoms with E-state index in [0.717, 1.165) is 64.1 Å². The molecule has 3 aliphatic rings. The van der Waals surface area contributed by atoms with E-state index in [0.29, 0.717) is 64.6 Å². The van der Waals surface area contributed by atoms with Gasteiger partial charge in [-0.05, 0) is 104 Å². The number of nitrogens with one attached hydrogen (secondary N) is 2. The minimum atomic E-state index is -4.98. The van der Waals surface area contributed by atoms with Crippen LogP contribution < -0.4 is 60.1 Å². The largest absolute Gasteiger partial charge is 1.00 e. The maximum absolute atomic E-state index is 13.9. The van der Waals surface area contributed by atoms with Crippen molar-refractivity contribution in [3.05, 3.63) is 251 Å². The van der Waals surface area contributed by atoms with Gasteiger partial charge in [0.25, 0.3) is 0 Å². The molecule has 1 saturated heterocycles. The Kier molecular flexibility index (Phi) is 23.5. The molecule has 0 saturated carbocycles. The van der Waals surface area contributed by atoms with Gasteiger partial charge in [-0.15, -0.1) is 0 Å². The van der Waals surface area contributed by atoms with Gasteiger partial charge in [0.1, 0.15) is 45.8 Å². The summed E-state index contributed by atoms with van der Waals surface area (Å²) in [4.78, 5) is 55.8. The van der Waals surface area contributed by atoms with Crippen molar-refractivity contribution < 1.29 is 80.7 Å². The number of anilines is 5. The van der Waals surface area contributed by atoms with Crippen molar-refractivity contribution in [2.45, 2.75) is 52.0 Å². The zero-order valence-electron chi connectivity index (χ0n) is 50.6. The number of fused-ring (bicyclic) bond motifs is 4. The molecule has 10 aromatic rings. The first-order valence-corrected chi connectivity index (χ1v) is 31.3. The summed E-state index contributed by atoms with van der Waals surface area (Å²) in [6.07, 6.45) is 3.03. The SMILES string of the molecule is C1CCOC1.CC.CC(=O)c1ccccc1OCc1ccccc1.CCOc1cc(Nc2ccccc2)c2c3c(cc(-c4ccccc4OCP)nc13)-c1ccccc1C2=O.Nc1c(S(=O)(=O)[O-])cc(Nc2ccccc2)c2c1C(=O)c1ccccc1C2=O.[Na+]. The van der Waals surface area contributed by atoms with Crippen LogP contribution in [0.25, 0.3) is 33.3 Å². The van der Waals surface area contributed by atoms with Crippen molar-refractivity contribution >= 4 is 81.8 Å². The van der Waals surface area contributed by atoms with Gasteiger partial charge in [-0.3, -0.25) is 19.2 Å². The number of carbonyl (C=O) groups excluding carboxylic acids is 4. The van der Waals surface area contributed by atoms with E-state index < -0.39 is 32.3 Å². The molecule has 0 bridgehead atoms. The van der Waals surface area contributed by atoms with Crippen LogP contribution in [0.15, 0.2) is 211 Å². The number of nitrogens with zero attached hydrogens (tertiary/aromatic N) is 1. The van der Waals surface area contributed by atoms with Crippen molar-refractivity contribution in [1.29, 1.82) is 0 Å². The quantitative estimate of drug-likeness (QED) is 0.0303. The Labute approximate surface area is 548 Å². The summed E-state index contributed by atoms with van der Waals surface area (Å²) in [5, 5.41) is 7.17. The minimum absolute atomic E-state index is 0. The molecule has 1 fully saturated rings. The number of carbonyl (C=O) groups is 4. The normalized spacial score (nSPS) is 12.2. The monoisotopic (exact) mass is 1250 g/mol. The number of hydrogen-bond acceptors (Lipinski definition) is 15. The van der Waals surface area contributed by atoms with Crippen LogP contribution in [0.5, 0.6) is 17.2 Å².